The Hall–Kier alpha value is -1.38. The number of allylic oxidation sites excluding steroid dienone is 4. The second-order valence-electron chi connectivity index (χ2n) is 5.33. The molecule has 0 fully saturated rings. The van der Waals surface area contributed by atoms with Crippen LogP contribution in [0.2, 0.25) is 0 Å². The van der Waals surface area contributed by atoms with E-state index >= 15 is 0 Å². The van der Waals surface area contributed by atoms with E-state index in [1.54, 1.807) is 0 Å². The summed E-state index contributed by atoms with van der Waals surface area (Å²) in [6, 6.07) is 0. The van der Waals surface area contributed by atoms with E-state index in [1.165, 1.54) is 12.8 Å². The molecule has 0 saturated carbocycles. The molecule has 0 spiro atoms. The number of carbonyl (C=O) groups is 2. The Morgan fingerprint density at radius 1 is 0.714 bits per heavy atom. The maximum Gasteiger partial charge on any atom is 0.303 e. The van der Waals surface area contributed by atoms with Crippen molar-refractivity contribution in [3.63, 3.8) is 0 Å². The molecule has 0 aromatic rings. The second-order valence-corrected chi connectivity index (χ2v) is 5.33. The number of aldehydes is 1. The van der Waals surface area contributed by atoms with Crippen LogP contribution in [-0.2, 0) is 9.59 Å². The fourth-order valence-corrected chi connectivity index (χ4v) is 2.07. The van der Waals surface area contributed by atoms with E-state index in [2.05, 4.69) is 24.3 Å². The van der Waals surface area contributed by atoms with Crippen LogP contribution >= 0.6 is 0 Å². The van der Waals surface area contributed by atoms with Crippen molar-refractivity contribution < 1.29 is 14.7 Å². The summed E-state index contributed by atoms with van der Waals surface area (Å²) in [4.78, 5) is 20.4. The van der Waals surface area contributed by atoms with E-state index in [0.717, 1.165) is 57.7 Å². The highest BCUT2D eigenvalue weighted by molar-refractivity contribution is 5.66. The lowest BCUT2D eigenvalue weighted by Crippen LogP contribution is -1.93. The van der Waals surface area contributed by atoms with Crippen molar-refractivity contribution in [1.82, 2.24) is 0 Å². The summed E-state index contributed by atoms with van der Waals surface area (Å²) in [5.41, 5.74) is 0. The Bertz CT molecular complexity index is 306. The first-order valence-corrected chi connectivity index (χ1v) is 8.22. The van der Waals surface area contributed by atoms with Gasteiger partial charge in [0.05, 0.1) is 0 Å². The molecule has 0 aliphatic rings. The number of carboxylic acids is 1. The molecule has 1 N–H and O–H groups in total. The van der Waals surface area contributed by atoms with E-state index in [4.69, 9.17) is 5.11 Å². The molecule has 0 saturated heterocycles. The van der Waals surface area contributed by atoms with Gasteiger partial charge in [-0.25, -0.2) is 0 Å². The molecule has 0 heterocycles. The summed E-state index contributed by atoms with van der Waals surface area (Å²) >= 11 is 0. The zero-order chi connectivity index (χ0) is 15.6. The third kappa shape index (κ3) is 18.6. The molecule has 0 aliphatic carbocycles. The Kier molecular flexibility index (Phi) is 15.6. The minimum Gasteiger partial charge on any atom is -0.481 e. The standard InChI is InChI=1S/C18H30O3/c19-17-15-13-11-9-7-5-3-1-2-4-6-8-10-12-14-16-18(20)21/h1-2,5,7,17H,3-4,6,8-16H2,(H,20,21). The van der Waals surface area contributed by atoms with Crippen LogP contribution in [0, 0.1) is 0 Å². The molecule has 0 amide bonds. The molecule has 0 aromatic carbocycles. The van der Waals surface area contributed by atoms with Crippen LogP contribution in [0.3, 0.4) is 0 Å². The Balaban J connectivity index is 3.20. The van der Waals surface area contributed by atoms with Gasteiger partial charge in [-0.05, 0) is 44.9 Å². The molecule has 0 radical (unpaired) electrons. The third-order valence-electron chi connectivity index (χ3n) is 3.31. The van der Waals surface area contributed by atoms with Crippen LogP contribution < -0.4 is 0 Å². The Morgan fingerprint density at radius 3 is 1.86 bits per heavy atom. The van der Waals surface area contributed by atoms with E-state index in [-0.39, 0.29) is 0 Å². The highest BCUT2D eigenvalue weighted by atomic mass is 16.4. The lowest BCUT2D eigenvalue weighted by atomic mass is 10.1. The molecule has 3 nitrogen and oxygen atoms in total. The maximum absolute atomic E-state index is 10.3. The van der Waals surface area contributed by atoms with Gasteiger partial charge in [-0.2, -0.15) is 0 Å². The Morgan fingerprint density at radius 2 is 1.24 bits per heavy atom. The predicted molar refractivity (Wildman–Crippen MR) is 87.4 cm³/mol. The average Bonchev–Trinajstić information content (AvgIpc) is 2.46. The molecule has 0 unspecified atom stereocenters. The molecule has 0 aliphatic heterocycles. The van der Waals surface area contributed by atoms with Gasteiger partial charge in [-0.15, -0.1) is 0 Å². The maximum atomic E-state index is 10.3. The lowest BCUT2D eigenvalue weighted by molar-refractivity contribution is -0.137. The summed E-state index contributed by atoms with van der Waals surface area (Å²) in [7, 11) is 0. The molecule has 0 bridgehead atoms. The fourth-order valence-electron chi connectivity index (χ4n) is 2.07. The molecule has 0 atom stereocenters. The van der Waals surface area contributed by atoms with Crippen molar-refractivity contribution in [2.45, 2.75) is 77.0 Å². The fraction of sp³-hybridized carbons (Fsp3) is 0.667. The number of carboxylic acid groups (broad SMARTS) is 1. The van der Waals surface area contributed by atoms with E-state index in [0.29, 0.717) is 12.8 Å². The molecule has 21 heavy (non-hydrogen) atoms. The number of hydrogen-bond donors (Lipinski definition) is 1. The van der Waals surface area contributed by atoms with E-state index in [9.17, 15) is 9.59 Å². The van der Waals surface area contributed by atoms with Crippen molar-refractivity contribution in [3.05, 3.63) is 24.3 Å². The van der Waals surface area contributed by atoms with Gasteiger partial charge in [0.15, 0.2) is 0 Å². The highest BCUT2D eigenvalue weighted by Gasteiger charge is 1.95. The van der Waals surface area contributed by atoms with Gasteiger partial charge in [0.1, 0.15) is 6.29 Å². The smallest absolute Gasteiger partial charge is 0.303 e. The molecule has 0 rings (SSSR count). The van der Waals surface area contributed by atoms with E-state index in [1.807, 2.05) is 0 Å². The zero-order valence-corrected chi connectivity index (χ0v) is 13.1. The van der Waals surface area contributed by atoms with Gasteiger partial charge < -0.3 is 9.90 Å². The zero-order valence-electron chi connectivity index (χ0n) is 13.1. The quantitative estimate of drug-likeness (QED) is 0.261. The summed E-state index contributed by atoms with van der Waals surface area (Å²) in [6.45, 7) is 0. The highest BCUT2D eigenvalue weighted by Crippen LogP contribution is 2.08. The molecular formula is C18H30O3. The van der Waals surface area contributed by atoms with Crippen LogP contribution in [0.25, 0.3) is 0 Å². The minimum absolute atomic E-state index is 0.307. The number of unbranched alkanes of at least 4 members (excludes halogenated alkanes) is 8. The van der Waals surface area contributed by atoms with Crippen LogP contribution in [0.4, 0.5) is 0 Å². The lowest BCUT2D eigenvalue weighted by Gasteiger charge is -1.98. The summed E-state index contributed by atoms with van der Waals surface area (Å²) in [5, 5.41) is 8.50. The summed E-state index contributed by atoms with van der Waals surface area (Å²) in [6.07, 6.45) is 21.4. The number of aliphatic carboxylic acids is 1. The molecule has 0 aromatic heterocycles. The molecule has 3 heteroatoms. The van der Waals surface area contributed by atoms with Crippen LogP contribution in [0.1, 0.15) is 77.0 Å². The van der Waals surface area contributed by atoms with Crippen molar-refractivity contribution in [2.24, 2.45) is 0 Å². The van der Waals surface area contributed by atoms with Gasteiger partial charge in [0.25, 0.3) is 0 Å². The third-order valence-corrected chi connectivity index (χ3v) is 3.31. The SMILES string of the molecule is O=CCCCCC=CCC=CCCCCCCCC(=O)O. The van der Waals surface area contributed by atoms with Gasteiger partial charge >= 0.3 is 5.97 Å². The van der Waals surface area contributed by atoms with Gasteiger partial charge in [0.2, 0.25) is 0 Å². The predicted octanol–water partition coefficient (Wildman–Crippen LogP) is 5.06. The topological polar surface area (TPSA) is 54.4 Å². The monoisotopic (exact) mass is 294 g/mol. The normalized spacial score (nSPS) is 11.4. The molecule has 120 valence electrons. The van der Waals surface area contributed by atoms with Gasteiger partial charge in [-0.3, -0.25) is 4.79 Å². The number of rotatable bonds is 15. The van der Waals surface area contributed by atoms with Crippen LogP contribution in [0.5, 0.6) is 0 Å². The van der Waals surface area contributed by atoms with Gasteiger partial charge in [0, 0.05) is 12.8 Å². The first-order valence-electron chi connectivity index (χ1n) is 8.22. The largest absolute Gasteiger partial charge is 0.481 e. The first kappa shape index (κ1) is 19.6. The number of hydrogen-bond acceptors (Lipinski definition) is 2. The first-order chi connectivity index (χ1) is 10.3. The van der Waals surface area contributed by atoms with E-state index < -0.39 is 5.97 Å². The number of carbonyl (C=O) groups excluding carboxylic acids is 1. The van der Waals surface area contributed by atoms with Crippen molar-refractivity contribution in [2.75, 3.05) is 0 Å². The minimum atomic E-state index is -0.685. The Labute approximate surface area is 129 Å². The van der Waals surface area contributed by atoms with Crippen molar-refractivity contribution >= 4 is 12.3 Å². The van der Waals surface area contributed by atoms with Gasteiger partial charge in [-0.1, -0.05) is 43.6 Å². The van der Waals surface area contributed by atoms with Crippen LogP contribution in [0.15, 0.2) is 24.3 Å². The second kappa shape index (κ2) is 16.7. The van der Waals surface area contributed by atoms with Crippen molar-refractivity contribution in [1.29, 1.82) is 0 Å². The summed E-state index contributed by atoms with van der Waals surface area (Å²) < 4.78 is 0. The van der Waals surface area contributed by atoms with Crippen LogP contribution in [-0.4, -0.2) is 17.4 Å². The van der Waals surface area contributed by atoms with Crippen molar-refractivity contribution in [3.8, 4) is 0 Å². The average molecular weight is 294 g/mol. The summed E-state index contributed by atoms with van der Waals surface area (Å²) in [5.74, 6) is -0.685. The molecular weight excluding hydrogens is 264 g/mol.